The van der Waals surface area contributed by atoms with E-state index in [1.54, 1.807) is 12.1 Å². The summed E-state index contributed by atoms with van der Waals surface area (Å²) in [6.45, 7) is 2.43. The Kier molecular flexibility index (Phi) is 3.62. The van der Waals surface area contributed by atoms with Gasteiger partial charge in [0.2, 0.25) is 0 Å². The lowest BCUT2D eigenvalue weighted by Crippen LogP contribution is -2.02. The second kappa shape index (κ2) is 5.35. The number of rotatable bonds is 4. The lowest BCUT2D eigenvalue weighted by molar-refractivity contribution is 0.0601. The number of esters is 1. The van der Waals surface area contributed by atoms with E-state index in [9.17, 15) is 4.79 Å². The Balaban J connectivity index is 1.96. The first kappa shape index (κ1) is 12.2. The molecule has 1 N–H and O–H groups in total. The molecule has 94 valence electrons. The van der Waals surface area contributed by atoms with E-state index >= 15 is 0 Å². The average molecular weight is 246 g/mol. The van der Waals surface area contributed by atoms with Gasteiger partial charge in [-0.15, -0.1) is 0 Å². The molecule has 0 saturated carbocycles. The molecule has 1 aromatic carbocycles. The summed E-state index contributed by atoms with van der Waals surface area (Å²) < 4.78 is 9.59. The predicted octanol–water partition coefficient (Wildman–Crippen LogP) is 2.38. The Hall–Kier alpha value is -2.30. The minimum Gasteiger partial charge on any atom is -0.465 e. The molecule has 0 aliphatic rings. The molecule has 2 aromatic rings. The molecule has 5 nitrogen and oxygen atoms in total. The number of ether oxygens (including phenoxy) is 1. The van der Waals surface area contributed by atoms with Crippen molar-refractivity contribution < 1.29 is 14.1 Å². The van der Waals surface area contributed by atoms with Gasteiger partial charge in [0.1, 0.15) is 11.5 Å². The molecule has 0 fully saturated rings. The summed E-state index contributed by atoms with van der Waals surface area (Å²) in [5.41, 5.74) is 2.27. The Labute approximate surface area is 105 Å². The molecule has 0 aliphatic heterocycles. The minimum absolute atomic E-state index is 0.339. The Morgan fingerprint density at radius 3 is 2.67 bits per heavy atom. The van der Waals surface area contributed by atoms with Crippen molar-refractivity contribution in [2.24, 2.45) is 0 Å². The molecule has 0 unspecified atom stereocenters. The number of aryl methyl sites for hydroxylation is 1. The van der Waals surface area contributed by atoms with Crippen LogP contribution >= 0.6 is 0 Å². The molecule has 18 heavy (non-hydrogen) atoms. The van der Waals surface area contributed by atoms with Crippen molar-refractivity contribution in [1.82, 2.24) is 5.16 Å². The van der Waals surface area contributed by atoms with E-state index in [1.165, 1.54) is 7.11 Å². The van der Waals surface area contributed by atoms with Crippen molar-refractivity contribution in [3.63, 3.8) is 0 Å². The first-order valence-electron chi connectivity index (χ1n) is 5.53. The highest BCUT2D eigenvalue weighted by Crippen LogP contribution is 2.12. The maximum atomic E-state index is 11.2. The molecule has 0 radical (unpaired) electrons. The lowest BCUT2D eigenvalue weighted by Gasteiger charge is -2.04. The molecule has 5 heteroatoms. The number of hydrogen-bond donors (Lipinski definition) is 1. The third-order valence-corrected chi connectivity index (χ3v) is 2.46. The lowest BCUT2D eigenvalue weighted by atomic mass is 10.2. The van der Waals surface area contributed by atoms with Gasteiger partial charge in [0.25, 0.3) is 0 Å². The topological polar surface area (TPSA) is 64.4 Å². The van der Waals surface area contributed by atoms with Gasteiger partial charge in [-0.3, -0.25) is 0 Å². The third-order valence-electron chi connectivity index (χ3n) is 2.46. The SMILES string of the molecule is COC(=O)c1ccc(NCc2cc(C)on2)cc1. The van der Waals surface area contributed by atoms with Gasteiger partial charge in [0, 0.05) is 11.8 Å². The second-order valence-corrected chi connectivity index (χ2v) is 3.85. The monoisotopic (exact) mass is 246 g/mol. The summed E-state index contributed by atoms with van der Waals surface area (Å²) in [5.74, 6) is 0.446. The molecular formula is C13H14N2O3. The number of aromatic nitrogens is 1. The second-order valence-electron chi connectivity index (χ2n) is 3.85. The molecule has 0 bridgehead atoms. The standard InChI is InChI=1S/C13H14N2O3/c1-9-7-12(15-18-9)8-14-11-5-3-10(4-6-11)13(16)17-2/h3-7,14H,8H2,1-2H3. The quantitative estimate of drug-likeness (QED) is 0.839. The van der Waals surface area contributed by atoms with Crippen molar-refractivity contribution in [1.29, 1.82) is 0 Å². The van der Waals surface area contributed by atoms with Gasteiger partial charge in [-0.25, -0.2) is 4.79 Å². The third kappa shape index (κ3) is 2.88. The molecule has 0 aliphatic carbocycles. The zero-order chi connectivity index (χ0) is 13.0. The molecule has 0 saturated heterocycles. The molecule has 2 rings (SSSR count). The Morgan fingerprint density at radius 2 is 2.11 bits per heavy atom. The molecule has 1 aromatic heterocycles. The number of hydrogen-bond acceptors (Lipinski definition) is 5. The minimum atomic E-state index is -0.339. The van der Waals surface area contributed by atoms with Crippen molar-refractivity contribution in [3.05, 3.63) is 47.3 Å². The summed E-state index contributed by atoms with van der Waals surface area (Å²) in [6, 6.07) is 8.93. The maximum Gasteiger partial charge on any atom is 0.337 e. The van der Waals surface area contributed by atoms with Gasteiger partial charge < -0.3 is 14.6 Å². The van der Waals surface area contributed by atoms with Gasteiger partial charge >= 0.3 is 5.97 Å². The largest absolute Gasteiger partial charge is 0.465 e. The van der Waals surface area contributed by atoms with Crippen molar-refractivity contribution >= 4 is 11.7 Å². The number of carbonyl (C=O) groups is 1. The van der Waals surface area contributed by atoms with E-state index in [0.29, 0.717) is 12.1 Å². The van der Waals surface area contributed by atoms with Crippen LogP contribution in [0.4, 0.5) is 5.69 Å². The Morgan fingerprint density at radius 1 is 1.39 bits per heavy atom. The van der Waals surface area contributed by atoms with Crippen LogP contribution in [-0.4, -0.2) is 18.2 Å². The van der Waals surface area contributed by atoms with Crippen LogP contribution in [0.25, 0.3) is 0 Å². The average Bonchev–Trinajstić information content (AvgIpc) is 2.82. The van der Waals surface area contributed by atoms with Gasteiger partial charge in [-0.1, -0.05) is 5.16 Å². The van der Waals surface area contributed by atoms with Crippen LogP contribution in [0.5, 0.6) is 0 Å². The normalized spacial score (nSPS) is 10.1. The molecule has 0 atom stereocenters. The number of nitrogens with zero attached hydrogens (tertiary/aromatic N) is 1. The summed E-state index contributed by atoms with van der Waals surface area (Å²) in [5, 5.41) is 7.06. The fourth-order valence-corrected chi connectivity index (χ4v) is 1.54. The van der Waals surface area contributed by atoms with Crippen LogP contribution < -0.4 is 5.32 Å². The number of carbonyl (C=O) groups excluding carboxylic acids is 1. The van der Waals surface area contributed by atoms with E-state index in [0.717, 1.165) is 17.1 Å². The van der Waals surface area contributed by atoms with E-state index in [1.807, 2.05) is 25.1 Å². The summed E-state index contributed by atoms with van der Waals surface area (Å²) in [7, 11) is 1.36. The number of methoxy groups -OCH3 is 1. The van der Waals surface area contributed by atoms with E-state index < -0.39 is 0 Å². The van der Waals surface area contributed by atoms with E-state index in [2.05, 4.69) is 15.2 Å². The summed E-state index contributed by atoms with van der Waals surface area (Å²) in [6.07, 6.45) is 0. The number of nitrogens with one attached hydrogen (secondary N) is 1. The predicted molar refractivity (Wildman–Crippen MR) is 66.3 cm³/mol. The molecule has 1 heterocycles. The zero-order valence-electron chi connectivity index (χ0n) is 10.3. The highest BCUT2D eigenvalue weighted by Gasteiger charge is 2.04. The number of anilines is 1. The molecule has 0 spiro atoms. The Bertz CT molecular complexity index is 531. The molecule has 0 amide bonds. The van der Waals surface area contributed by atoms with Crippen LogP contribution in [-0.2, 0) is 11.3 Å². The van der Waals surface area contributed by atoms with Gasteiger partial charge in [-0.2, -0.15) is 0 Å². The summed E-state index contributed by atoms with van der Waals surface area (Å²) in [4.78, 5) is 11.2. The number of benzene rings is 1. The first-order valence-corrected chi connectivity index (χ1v) is 5.53. The maximum absolute atomic E-state index is 11.2. The van der Waals surface area contributed by atoms with Crippen LogP contribution in [0.1, 0.15) is 21.8 Å². The van der Waals surface area contributed by atoms with Gasteiger partial charge in [-0.05, 0) is 31.2 Å². The van der Waals surface area contributed by atoms with Crippen molar-refractivity contribution in [3.8, 4) is 0 Å². The fraction of sp³-hybridized carbons (Fsp3) is 0.231. The molecular weight excluding hydrogens is 232 g/mol. The summed E-state index contributed by atoms with van der Waals surface area (Å²) >= 11 is 0. The van der Waals surface area contributed by atoms with Crippen molar-refractivity contribution in [2.45, 2.75) is 13.5 Å². The van der Waals surface area contributed by atoms with Crippen LogP contribution in [0, 0.1) is 6.92 Å². The van der Waals surface area contributed by atoms with Gasteiger partial charge in [0.05, 0.1) is 19.2 Å². The van der Waals surface area contributed by atoms with Crippen LogP contribution in [0.2, 0.25) is 0 Å². The fourth-order valence-electron chi connectivity index (χ4n) is 1.54. The highest BCUT2D eigenvalue weighted by atomic mass is 16.5. The smallest absolute Gasteiger partial charge is 0.337 e. The van der Waals surface area contributed by atoms with Crippen LogP contribution in [0.15, 0.2) is 34.9 Å². The van der Waals surface area contributed by atoms with E-state index in [4.69, 9.17) is 4.52 Å². The zero-order valence-corrected chi connectivity index (χ0v) is 10.3. The van der Waals surface area contributed by atoms with Gasteiger partial charge in [0.15, 0.2) is 0 Å². The van der Waals surface area contributed by atoms with E-state index in [-0.39, 0.29) is 5.97 Å². The highest BCUT2D eigenvalue weighted by molar-refractivity contribution is 5.89. The first-order chi connectivity index (χ1) is 8.69. The van der Waals surface area contributed by atoms with Crippen molar-refractivity contribution in [2.75, 3.05) is 12.4 Å². The van der Waals surface area contributed by atoms with Crippen LogP contribution in [0.3, 0.4) is 0 Å².